The molecule has 1 aliphatic heterocycles. The van der Waals surface area contributed by atoms with Gasteiger partial charge in [0.2, 0.25) is 0 Å². The second kappa shape index (κ2) is 11.4. The topological polar surface area (TPSA) is 265 Å². The summed E-state index contributed by atoms with van der Waals surface area (Å²) in [5, 5.41) is 34.6. The SMILES string of the molecule is O=C(O)CP(=O)(O)OP(=O)(O)OC[C@H]1O[C@@H](n2cnc3c(NC(=O)Nc4ccccc4)ncnc32)[C@@H](O)C1O. The number of rotatable bonds is 10. The van der Waals surface area contributed by atoms with Crippen LogP contribution in [0.2, 0.25) is 0 Å². The van der Waals surface area contributed by atoms with E-state index in [-0.39, 0.29) is 17.0 Å². The number of aliphatic hydroxyl groups excluding tert-OH is 2. The van der Waals surface area contributed by atoms with E-state index in [4.69, 9.17) is 9.84 Å². The highest BCUT2D eigenvalue weighted by atomic mass is 31.3. The van der Waals surface area contributed by atoms with Gasteiger partial charge in [0.25, 0.3) is 0 Å². The zero-order valence-corrected chi connectivity index (χ0v) is 21.3. The average molecular weight is 588 g/mol. The third-order valence-corrected chi connectivity index (χ3v) is 8.19. The van der Waals surface area contributed by atoms with E-state index >= 15 is 0 Å². The lowest BCUT2D eigenvalue weighted by molar-refractivity contribution is -0.134. The molecule has 0 bridgehead atoms. The number of phosphoric acid groups is 1. The lowest BCUT2D eigenvalue weighted by atomic mass is 10.1. The second-order valence-corrected chi connectivity index (χ2v) is 11.5. The van der Waals surface area contributed by atoms with E-state index in [1.165, 1.54) is 10.9 Å². The number of hydrogen-bond acceptors (Lipinski definition) is 12. The summed E-state index contributed by atoms with van der Waals surface area (Å²) in [5.41, 5.74) is 0.719. The Morgan fingerprint density at radius 2 is 1.77 bits per heavy atom. The molecule has 0 radical (unpaired) electrons. The second-order valence-electron chi connectivity index (χ2n) is 8.07. The molecule has 1 aromatic carbocycles. The summed E-state index contributed by atoms with van der Waals surface area (Å²) in [5.74, 6) is -1.74. The number of benzene rings is 1. The highest BCUT2D eigenvalue weighted by Crippen LogP contribution is 2.59. The number of fused-ring (bicyclic) bond motifs is 1. The Bertz CT molecular complexity index is 1460. The number of para-hydroxylation sites is 1. The predicted octanol–water partition coefficient (Wildman–Crippen LogP) is 0.493. The van der Waals surface area contributed by atoms with Gasteiger partial charge in [-0.2, -0.15) is 0 Å². The van der Waals surface area contributed by atoms with Crippen molar-refractivity contribution in [1.29, 1.82) is 0 Å². The van der Waals surface area contributed by atoms with Crippen molar-refractivity contribution in [2.75, 3.05) is 23.4 Å². The summed E-state index contributed by atoms with van der Waals surface area (Å²) < 4.78 is 39.0. The summed E-state index contributed by atoms with van der Waals surface area (Å²) in [7, 11) is -10.3. The zero-order chi connectivity index (χ0) is 28.4. The van der Waals surface area contributed by atoms with E-state index in [0.717, 1.165) is 6.33 Å². The van der Waals surface area contributed by atoms with Gasteiger partial charge in [-0.3, -0.25) is 23.8 Å². The molecule has 39 heavy (non-hydrogen) atoms. The van der Waals surface area contributed by atoms with Gasteiger partial charge in [0.05, 0.1) is 12.9 Å². The number of aromatic nitrogens is 4. The van der Waals surface area contributed by atoms with Crippen molar-refractivity contribution in [3.63, 3.8) is 0 Å². The van der Waals surface area contributed by atoms with E-state index < -0.39 is 64.7 Å². The Balaban J connectivity index is 1.44. The molecule has 2 amide bonds. The van der Waals surface area contributed by atoms with Crippen molar-refractivity contribution < 1.29 is 57.4 Å². The lowest BCUT2D eigenvalue weighted by Gasteiger charge is -2.19. The van der Waals surface area contributed by atoms with Crippen LogP contribution < -0.4 is 10.6 Å². The molecule has 0 saturated carbocycles. The van der Waals surface area contributed by atoms with Crippen LogP contribution in [0.25, 0.3) is 11.2 Å². The summed E-state index contributed by atoms with van der Waals surface area (Å²) in [4.78, 5) is 54.2. The van der Waals surface area contributed by atoms with Crippen LogP contribution in [0, 0.1) is 0 Å². The van der Waals surface area contributed by atoms with E-state index in [1.54, 1.807) is 30.3 Å². The number of nitrogens with zero attached hydrogens (tertiary/aromatic N) is 4. The Hall–Kier alpha value is -3.31. The monoisotopic (exact) mass is 588 g/mol. The molecule has 3 unspecified atom stereocenters. The van der Waals surface area contributed by atoms with Crippen LogP contribution in [0.5, 0.6) is 0 Å². The van der Waals surface area contributed by atoms with Crippen LogP contribution in [0.3, 0.4) is 0 Å². The number of aliphatic carboxylic acids is 1. The standard InChI is InChI=1S/C19H22N6O12P2/c26-12(27)7-38(31,32)37-39(33,34)35-6-11-14(28)15(29)18(36-11)25-9-22-13-16(20-8-21-17(13)25)24-19(30)23-10-4-2-1-3-5-10/h1-5,8-9,11,14-15,18,28-29H,6-7H2,(H,26,27)(H,31,32)(H,33,34)(H2,20,21,23,24,30)/t11-,14?,15+,18-/m1/s1. The van der Waals surface area contributed by atoms with Gasteiger partial charge in [0.1, 0.15) is 30.8 Å². The van der Waals surface area contributed by atoms with Gasteiger partial charge in [-0.15, -0.1) is 0 Å². The lowest BCUT2D eigenvalue weighted by Crippen LogP contribution is -2.33. The summed E-state index contributed by atoms with van der Waals surface area (Å²) in [6.07, 6.45) is -5.24. The Morgan fingerprint density at radius 1 is 1.05 bits per heavy atom. The largest absolute Gasteiger partial charge is 0.481 e. The van der Waals surface area contributed by atoms with E-state index in [1.807, 2.05) is 0 Å². The molecule has 0 spiro atoms. The highest BCUT2D eigenvalue weighted by Gasteiger charge is 2.46. The Kier molecular flexibility index (Phi) is 8.41. The normalized spacial score (nSPS) is 24.1. The summed E-state index contributed by atoms with van der Waals surface area (Å²) in [6.45, 7) is -0.899. The molecular formula is C19H22N6O12P2. The van der Waals surface area contributed by atoms with E-state index in [0.29, 0.717) is 5.69 Å². The molecule has 0 aliphatic carbocycles. The van der Waals surface area contributed by atoms with Crippen molar-refractivity contribution >= 4 is 50.1 Å². The number of urea groups is 1. The van der Waals surface area contributed by atoms with Crippen LogP contribution in [0.15, 0.2) is 43.0 Å². The number of amides is 2. The van der Waals surface area contributed by atoms with Crippen LogP contribution in [0.4, 0.5) is 16.3 Å². The fourth-order valence-corrected chi connectivity index (χ4v) is 5.96. The molecule has 1 fully saturated rings. The number of carboxylic acid groups (broad SMARTS) is 1. The van der Waals surface area contributed by atoms with Crippen LogP contribution >= 0.6 is 15.4 Å². The minimum absolute atomic E-state index is 0.0215. The molecule has 1 saturated heterocycles. The number of imidazole rings is 1. The third-order valence-electron chi connectivity index (χ3n) is 5.20. The highest BCUT2D eigenvalue weighted by molar-refractivity contribution is 7.64. The summed E-state index contributed by atoms with van der Waals surface area (Å²) in [6, 6.07) is 7.98. The van der Waals surface area contributed by atoms with Crippen LogP contribution in [-0.2, 0) is 27.5 Å². The molecule has 6 atom stereocenters. The molecular weight excluding hydrogens is 566 g/mol. The summed E-state index contributed by atoms with van der Waals surface area (Å²) >= 11 is 0. The van der Waals surface area contributed by atoms with Gasteiger partial charge < -0.3 is 35.2 Å². The molecule has 1 aliphatic rings. The van der Waals surface area contributed by atoms with E-state index in [2.05, 4.69) is 34.4 Å². The van der Waals surface area contributed by atoms with Gasteiger partial charge in [-0.25, -0.2) is 28.6 Å². The molecule has 7 N–H and O–H groups in total. The number of ether oxygens (including phenoxy) is 1. The first-order valence-corrected chi connectivity index (χ1v) is 14.2. The van der Waals surface area contributed by atoms with Crippen LogP contribution in [0.1, 0.15) is 6.23 Å². The molecule has 18 nitrogen and oxygen atoms in total. The predicted molar refractivity (Wildman–Crippen MR) is 130 cm³/mol. The first-order chi connectivity index (χ1) is 18.3. The fourth-order valence-electron chi connectivity index (χ4n) is 3.57. The molecule has 20 heteroatoms. The maximum atomic E-state index is 12.4. The van der Waals surface area contributed by atoms with Gasteiger partial charge in [-0.1, -0.05) is 18.2 Å². The minimum atomic E-state index is -5.27. The maximum Gasteiger partial charge on any atom is 0.479 e. The number of phosphoric ester groups is 1. The molecule has 2 aromatic heterocycles. The van der Waals surface area contributed by atoms with Crippen molar-refractivity contribution in [1.82, 2.24) is 19.5 Å². The number of aliphatic hydroxyl groups is 2. The Labute approximate surface area is 218 Å². The number of carboxylic acids is 1. The van der Waals surface area contributed by atoms with Crippen molar-refractivity contribution in [2.45, 2.75) is 24.5 Å². The molecule has 3 aromatic rings. The molecule has 4 rings (SSSR count). The van der Waals surface area contributed by atoms with Gasteiger partial charge in [0, 0.05) is 5.69 Å². The molecule has 3 heterocycles. The number of carbonyl (C=O) groups excluding carboxylic acids is 1. The number of carbonyl (C=O) groups is 2. The van der Waals surface area contributed by atoms with Gasteiger partial charge in [0.15, 0.2) is 23.2 Å². The third kappa shape index (κ3) is 7.02. The van der Waals surface area contributed by atoms with Gasteiger partial charge >= 0.3 is 27.4 Å². The van der Waals surface area contributed by atoms with Crippen LogP contribution in [-0.4, -0.2) is 87.7 Å². The Morgan fingerprint density at radius 3 is 2.46 bits per heavy atom. The number of hydrogen-bond donors (Lipinski definition) is 7. The van der Waals surface area contributed by atoms with Crippen molar-refractivity contribution in [3.05, 3.63) is 43.0 Å². The smallest absolute Gasteiger partial charge is 0.479 e. The van der Waals surface area contributed by atoms with E-state index in [9.17, 15) is 38.7 Å². The quantitative estimate of drug-likeness (QED) is 0.159. The first kappa shape index (κ1) is 28.7. The number of nitrogens with one attached hydrogen (secondary N) is 2. The fraction of sp³-hybridized carbons (Fsp3) is 0.316. The van der Waals surface area contributed by atoms with Gasteiger partial charge in [-0.05, 0) is 12.1 Å². The molecule has 210 valence electrons. The minimum Gasteiger partial charge on any atom is -0.481 e. The zero-order valence-electron chi connectivity index (χ0n) is 19.5. The average Bonchev–Trinajstić information content (AvgIpc) is 3.38. The van der Waals surface area contributed by atoms with Crippen molar-refractivity contribution in [3.8, 4) is 0 Å². The number of anilines is 2. The maximum absolute atomic E-state index is 12.4. The first-order valence-electron chi connectivity index (χ1n) is 10.9. The van der Waals surface area contributed by atoms with Crippen molar-refractivity contribution in [2.24, 2.45) is 0 Å².